The van der Waals surface area contributed by atoms with Crippen LogP contribution in [0.25, 0.3) is 0 Å². The molecule has 0 saturated carbocycles. The molecule has 0 aliphatic carbocycles. The molecular weight excluding hydrogens is 498 g/mol. The van der Waals surface area contributed by atoms with Gasteiger partial charge in [0.05, 0.1) is 18.6 Å². The monoisotopic (exact) mass is 543 g/mol. The van der Waals surface area contributed by atoms with Crippen molar-refractivity contribution in [3.05, 3.63) is 29.8 Å². The van der Waals surface area contributed by atoms with Gasteiger partial charge in [-0.25, -0.2) is 4.79 Å². The average Bonchev–Trinajstić information content (AvgIpc) is 3.34. The van der Waals surface area contributed by atoms with Crippen LogP contribution in [0.3, 0.4) is 0 Å². The predicted molar refractivity (Wildman–Crippen MR) is 147 cm³/mol. The summed E-state index contributed by atoms with van der Waals surface area (Å²) in [4.78, 5) is 40.3. The van der Waals surface area contributed by atoms with Crippen LogP contribution in [0.15, 0.2) is 24.3 Å². The van der Waals surface area contributed by atoms with Crippen LogP contribution in [0.4, 0.5) is 0 Å². The lowest BCUT2D eigenvalue weighted by molar-refractivity contribution is -0.158. The van der Waals surface area contributed by atoms with Gasteiger partial charge in [0.1, 0.15) is 23.9 Å². The van der Waals surface area contributed by atoms with Crippen molar-refractivity contribution in [2.45, 2.75) is 111 Å². The van der Waals surface area contributed by atoms with Crippen molar-refractivity contribution in [3.8, 4) is 11.8 Å². The first kappa shape index (κ1) is 32.1. The molecule has 0 spiro atoms. The third-order valence-electron chi connectivity index (χ3n) is 8.15. The Hall–Kier alpha value is -3.12. The van der Waals surface area contributed by atoms with Crippen LogP contribution in [-0.4, -0.2) is 63.7 Å². The minimum Gasteiger partial charge on any atom is -0.508 e. The third kappa shape index (κ3) is 9.24. The van der Waals surface area contributed by atoms with Crippen molar-refractivity contribution in [1.29, 1.82) is 5.26 Å². The maximum atomic E-state index is 13.3. The number of likely N-dealkylation sites (tertiary alicyclic amines) is 1. The predicted octanol–water partition coefficient (Wildman–Crippen LogP) is 3.86. The smallest absolute Gasteiger partial charge is 0.329 e. The Morgan fingerprint density at radius 1 is 1.18 bits per heavy atom. The van der Waals surface area contributed by atoms with E-state index >= 15 is 0 Å². The zero-order chi connectivity index (χ0) is 29.4. The fourth-order valence-corrected chi connectivity index (χ4v) is 4.53. The highest BCUT2D eigenvalue weighted by Crippen LogP contribution is 2.42. The van der Waals surface area contributed by atoms with Gasteiger partial charge in [0, 0.05) is 13.0 Å². The lowest BCUT2D eigenvalue weighted by Gasteiger charge is -2.39. The van der Waals surface area contributed by atoms with Gasteiger partial charge in [-0.15, -0.1) is 0 Å². The van der Waals surface area contributed by atoms with Crippen LogP contribution in [0, 0.1) is 22.2 Å². The lowest BCUT2D eigenvalue weighted by Crippen LogP contribution is -2.53. The van der Waals surface area contributed by atoms with Gasteiger partial charge >= 0.3 is 5.97 Å². The maximum absolute atomic E-state index is 13.3. The van der Waals surface area contributed by atoms with Gasteiger partial charge in [-0.1, -0.05) is 46.8 Å². The van der Waals surface area contributed by atoms with E-state index in [9.17, 15) is 29.9 Å². The van der Waals surface area contributed by atoms with Gasteiger partial charge < -0.3 is 25.2 Å². The summed E-state index contributed by atoms with van der Waals surface area (Å²) >= 11 is 0. The molecule has 39 heavy (non-hydrogen) atoms. The molecule has 9 heteroatoms. The first-order valence-electron chi connectivity index (χ1n) is 13.8. The molecule has 1 aromatic carbocycles. The van der Waals surface area contributed by atoms with E-state index in [1.54, 1.807) is 12.1 Å². The highest BCUT2D eigenvalue weighted by atomic mass is 16.5. The number of esters is 1. The molecule has 4 unspecified atom stereocenters. The third-order valence-corrected chi connectivity index (χ3v) is 8.15. The van der Waals surface area contributed by atoms with Crippen molar-refractivity contribution in [2.75, 3.05) is 6.54 Å². The number of carbonyl (C=O) groups is 3. The molecule has 9 nitrogen and oxygen atoms in total. The quantitative estimate of drug-likeness (QED) is 0.340. The van der Waals surface area contributed by atoms with Crippen LogP contribution in [0.1, 0.15) is 85.6 Å². The molecule has 0 aromatic heterocycles. The number of aliphatic hydroxyl groups is 1. The fourth-order valence-electron chi connectivity index (χ4n) is 4.53. The van der Waals surface area contributed by atoms with Gasteiger partial charge in [0.15, 0.2) is 0 Å². The number of ether oxygens (including phenoxy) is 1. The number of nitrogens with one attached hydrogen (secondary N) is 1. The second kappa shape index (κ2) is 13.8. The number of rotatable bonds is 12. The van der Waals surface area contributed by atoms with Crippen LogP contribution in [0.2, 0.25) is 0 Å². The number of hydrogen-bond acceptors (Lipinski definition) is 7. The number of benzene rings is 1. The van der Waals surface area contributed by atoms with Crippen molar-refractivity contribution < 1.29 is 29.3 Å². The number of aliphatic hydroxyl groups excluding tert-OH is 1. The fraction of sp³-hybridized carbons (Fsp3) is 0.667. The summed E-state index contributed by atoms with van der Waals surface area (Å²) in [5.74, 6) is -1.74. The number of aromatic hydroxyl groups is 1. The summed E-state index contributed by atoms with van der Waals surface area (Å²) < 4.78 is 5.71. The second-order valence-corrected chi connectivity index (χ2v) is 12.3. The summed E-state index contributed by atoms with van der Waals surface area (Å²) in [6, 6.07) is 6.00. The molecule has 4 atom stereocenters. The van der Waals surface area contributed by atoms with E-state index in [1.165, 1.54) is 17.0 Å². The summed E-state index contributed by atoms with van der Waals surface area (Å²) in [6.07, 6.45) is 1.62. The van der Waals surface area contributed by atoms with E-state index in [-0.39, 0.29) is 35.5 Å². The zero-order valence-electron chi connectivity index (χ0n) is 24.2. The van der Waals surface area contributed by atoms with Crippen LogP contribution in [0.5, 0.6) is 5.75 Å². The standard InChI is InChI=1S/C30H45N3O6/c1-20(9-7-16-30(5,6)29(2,3)4)39-28(38)24-10-8-18-33(24)27(37)23(15-17-31)32-26(36)25(35)19-21-11-13-22(34)14-12-21/h11-14,20,23-25,34-35H,7-10,15-16,18-19H2,1-6H3,(H,32,36). The van der Waals surface area contributed by atoms with Gasteiger partial charge in [-0.05, 0) is 67.6 Å². The van der Waals surface area contributed by atoms with E-state index in [2.05, 4.69) is 39.9 Å². The maximum Gasteiger partial charge on any atom is 0.329 e. The number of hydrogen-bond donors (Lipinski definition) is 3. The lowest BCUT2D eigenvalue weighted by atomic mass is 9.67. The first-order valence-corrected chi connectivity index (χ1v) is 13.8. The molecule has 1 aromatic rings. The highest BCUT2D eigenvalue weighted by Gasteiger charge is 2.39. The van der Waals surface area contributed by atoms with E-state index in [1.807, 2.05) is 13.0 Å². The number of phenols is 1. The molecule has 1 heterocycles. The zero-order valence-corrected chi connectivity index (χ0v) is 24.2. The normalized spacial score (nSPS) is 18.1. The Morgan fingerprint density at radius 2 is 1.82 bits per heavy atom. The van der Waals surface area contributed by atoms with E-state index < -0.39 is 36.0 Å². The molecule has 1 aliphatic heterocycles. The molecule has 2 rings (SSSR count). The number of nitriles is 1. The van der Waals surface area contributed by atoms with E-state index in [4.69, 9.17) is 4.74 Å². The Balaban J connectivity index is 1.95. The van der Waals surface area contributed by atoms with E-state index in [0.29, 0.717) is 24.9 Å². The van der Waals surface area contributed by atoms with Crippen molar-refractivity contribution in [1.82, 2.24) is 10.2 Å². The summed E-state index contributed by atoms with van der Waals surface area (Å²) in [5.41, 5.74) is 0.926. The van der Waals surface area contributed by atoms with Crippen LogP contribution < -0.4 is 5.32 Å². The Kier molecular flexibility index (Phi) is 11.3. The molecule has 1 saturated heterocycles. The molecule has 216 valence electrons. The summed E-state index contributed by atoms with van der Waals surface area (Å²) in [6.45, 7) is 13.3. The average molecular weight is 544 g/mol. The summed E-state index contributed by atoms with van der Waals surface area (Å²) in [5, 5.41) is 31.5. The number of carbonyl (C=O) groups excluding carboxylic acids is 3. The van der Waals surface area contributed by atoms with Crippen LogP contribution >= 0.6 is 0 Å². The molecule has 1 aliphatic rings. The molecule has 0 bridgehead atoms. The molecular formula is C30H45N3O6. The van der Waals surface area contributed by atoms with Crippen molar-refractivity contribution >= 4 is 17.8 Å². The SMILES string of the molecule is CC(CCCC(C)(C)C(C)(C)C)OC(=O)C1CCCN1C(=O)C(CC#N)NC(=O)C(O)Cc1ccc(O)cc1. The molecule has 1 fully saturated rings. The Labute approximate surface area is 232 Å². The van der Waals surface area contributed by atoms with Crippen LogP contribution in [-0.2, 0) is 25.5 Å². The van der Waals surface area contributed by atoms with Gasteiger partial charge in [-0.3, -0.25) is 9.59 Å². The number of amides is 2. The first-order chi connectivity index (χ1) is 18.2. The largest absolute Gasteiger partial charge is 0.508 e. The van der Waals surface area contributed by atoms with Gasteiger partial charge in [0.2, 0.25) is 11.8 Å². The second-order valence-electron chi connectivity index (χ2n) is 12.3. The molecule has 0 radical (unpaired) electrons. The minimum absolute atomic E-state index is 0.0247. The van der Waals surface area contributed by atoms with Crippen molar-refractivity contribution in [2.24, 2.45) is 10.8 Å². The highest BCUT2D eigenvalue weighted by molar-refractivity contribution is 5.92. The summed E-state index contributed by atoms with van der Waals surface area (Å²) in [7, 11) is 0. The van der Waals surface area contributed by atoms with Gasteiger partial charge in [0.25, 0.3) is 0 Å². The Morgan fingerprint density at radius 3 is 2.41 bits per heavy atom. The minimum atomic E-state index is -1.45. The Bertz CT molecular complexity index is 1020. The number of nitrogens with zero attached hydrogens (tertiary/aromatic N) is 2. The molecule has 3 N–H and O–H groups in total. The van der Waals surface area contributed by atoms with Crippen molar-refractivity contribution in [3.63, 3.8) is 0 Å². The molecule has 2 amide bonds. The van der Waals surface area contributed by atoms with Gasteiger partial charge in [-0.2, -0.15) is 5.26 Å². The number of phenolic OH excluding ortho intramolecular Hbond substituents is 1. The topological polar surface area (TPSA) is 140 Å². The van der Waals surface area contributed by atoms with E-state index in [0.717, 1.165) is 19.3 Å².